The largest absolute Gasteiger partial charge is 0.348 e. The number of halogens is 2. The summed E-state index contributed by atoms with van der Waals surface area (Å²) >= 11 is 5.94. The van der Waals surface area contributed by atoms with Gasteiger partial charge in [0.25, 0.3) is 0 Å². The van der Waals surface area contributed by atoms with Crippen molar-refractivity contribution in [3.05, 3.63) is 58.1 Å². The second kappa shape index (κ2) is 5.57. The molecule has 4 heteroatoms. The van der Waals surface area contributed by atoms with Gasteiger partial charge >= 0.3 is 0 Å². The number of aryl methyl sites for hydroxylation is 2. The van der Waals surface area contributed by atoms with Crippen molar-refractivity contribution in [2.45, 2.75) is 19.8 Å². The van der Waals surface area contributed by atoms with Crippen LogP contribution >= 0.6 is 11.6 Å². The van der Waals surface area contributed by atoms with Crippen molar-refractivity contribution in [1.29, 1.82) is 0 Å². The van der Waals surface area contributed by atoms with E-state index in [-0.39, 0.29) is 18.0 Å². The third kappa shape index (κ3) is 2.87. The number of hydrogen-bond acceptors (Lipinski definition) is 1. The summed E-state index contributed by atoms with van der Waals surface area (Å²) in [5.41, 5.74) is 2.02. The Morgan fingerprint density at radius 2 is 2.11 bits per heavy atom. The Morgan fingerprint density at radius 1 is 1.37 bits per heavy atom. The molecule has 2 nitrogen and oxygen atoms in total. The van der Waals surface area contributed by atoms with Gasteiger partial charge in [0.2, 0.25) is 0 Å². The standard InChI is InChI=1S/C15H15ClFNO/c1-10-8-9-18(2)15(10)14(19)7-6-11-12(16)4-3-5-13(11)17/h3-5,8-9H,6-7H2,1-2H3. The molecule has 0 aliphatic carbocycles. The van der Waals surface area contributed by atoms with Crippen molar-refractivity contribution in [2.24, 2.45) is 7.05 Å². The van der Waals surface area contributed by atoms with Crippen LogP contribution in [0.25, 0.3) is 0 Å². The molecule has 0 radical (unpaired) electrons. The van der Waals surface area contributed by atoms with Crippen molar-refractivity contribution in [3.63, 3.8) is 0 Å². The monoisotopic (exact) mass is 279 g/mol. The van der Waals surface area contributed by atoms with E-state index < -0.39 is 0 Å². The van der Waals surface area contributed by atoms with Crippen molar-refractivity contribution >= 4 is 17.4 Å². The maximum Gasteiger partial charge on any atom is 0.179 e. The molecule has 2 aromatic rings. The average Bonchev–Trinajstić information content (AvgIpc) is 2.68. The fourth-order valence-corrected chi connectivity index (χ4v) is 2.46. The first-order valence-electron chi connectivity index (χ1n) is 6.08. The predicted octanol–water partition coefficient (Wildman–Crippen LogP) is 3.94. The molecule has 0 saturated carbocycles. The van der Waals surface area contributed by atoms with Crippen LogP contribution in [-0.2, 0) is 13.5 Å². The molecule has 0 N–H and O–H groups in total. The van der Waals surface area contributed by atoms with Gasteiger partial charge in [0.15, 0.2) is 5.78 Å². The van der Waals surface area contributed by atoms with Gasteiger partial charge in [0.1, 0.15) is 5.82 Å². The van der Waals surface area contributed by atoms with E-state index in [1.807, 2.05) is 26.2 Å². The molecule has 0 bridgehead atoms. The second-order valence-corrected chi connectivity index (χ2v) is 4.99. The van der Waals surface area contributed by atoms with Gasteiger partial charge in [-0.05, 0) is 37.1 Å². The lowest BCUT2D eigenvalue weighted by Crippen LogP contribution is -2.09. The highest BCUT2D eigenvalue weighted by molar-refractivity contribution is 6.31. The molecule has 0 unspecified atom stereocenters. The zero-order valence-electron chi connectivity index (χ0n) is 10.9. The zero-order valence-corrected chi connectivity index (χ0v) is 11.7. The number of Topliss-reactive ketones (excluding diaryl/α,β-unsaturated/α-hetero) is 1. The minimum atomic E-state index is -0.357. The fourth-order valence-electron chi connectivity index (χ4n) is 2.20. The molecule has 1 heterocycles. The van der Waals surface area contributed by atoms with Crippen molar-refractivity contribution < 1.29 is 9.18 Å². The minimum absolute atomic E-state index is 0.00400. The number of carbonyl (C=O) groups excluding carboxylic acids is 1. The minimum Gasteiger partial charge on any atom is -0.348 e. The molecule has 1 aromatic carbocycles. The third-order valence-electron chi connectivity index (χ3n) is 3.20. The summed E-state index contributed by atoms with van der Waals surface area (Å²) in [4.78, 5) is 12.2. The highest BCUT2D eigenvalue weighted by atomic mass is 35.5. The van der Waals surface area contributed by atoms with Crippen molar-refractivity contribution in [1.82, 2.24) is 4.57 Å². The topological polar surface area (TPSA) is 22.0 Å². The zero-order chi connectivity index (χ0) is 14.0. The van der Waals surface area contributed by atoms with Crippen molar-refractivity contribution in [3.8, 4) is 0 Å². The number of carbonyl (C=O) groups is 1. The summed E-state index contributed by atoms with van der Waals surface area (Å²) in [5, 5.41) is 0.372. The number of ketones is 1. The molecular formula is C15H15ClFNO. The van der Waals surface area contributed by atoms with Crippen LogP contribution in [0, 0.1) is 12.7 Å². The Morgan fingerprint density at radius 3 is 2.68 bits per heavy atom. The van der Waals surface area contributed by atoms with Crippen LogP contribution in [0.1, 0.15) is 28.0 Å². The molecule has 0 spiro atoms. The summed E-state index contributed by atoms with van der Waals surface area (Å²) in [7, 11) is 1.83. The van der Waals surface area contributed by atoms with E-state index in [2.05, 4.69) is 0 Å². The van der Waals surface area contributed by atoms with Crippen LogP contribution in [0.4, 0.5) is 4.39 Å². The predicted molar refractivity (Wildman–Crippen MR) is 74.2 cm³/mol. The van der Waals surface area contributed by atoms with Gasteiger partial charge in [-0.3, -0.25) is 4.79 Å². The highest BCUT2D eigenvalue weighted by Gasteiger charge is 2.15. The Hall–Kier alpha value is -1.61. The van der Waals surface area contributed by atoms with Crippen molar-refractivity contribution in [2.75, 3.05) is 0 Å². The molecule has 0 fully saturated rings. The molecule has 1 aromatic heterocycles. The van der Waals surface area contributed by atoms with Gasteiger partial charge in [0, 0.05) is 30.3 Å². The summed E-state index contributed by atoms with van der Waals surface area (Å²) in [6.45, 7) is 1.89. The lowest BCUT2D eigenvalue weighted by atomic mass is 10.0. The lowest BCUT2D eigenvalue weighted by molar-refractivity contribution is 0.0974. The van der Waals surface area contributed by atoms with Gasteiger partial charge < -0.3 is 4.57 Å². The third-order valence-corrected chi connectivity index (χ3v) is 3.56. The molecule has 0 aliphatic heterocycles. The average molecular weight is 280 g/mol. The second-order valence-electron chi connectivity index (χ2n) is 4.58. The number of aromatic nitrogens is 1. The number of hydrogen-bond donors (Lipinski definition) is 0. The number of benzene rings is 1. The highest BCUT2D eigenvalue weighted by Crippen LogP contribution is 2.21. The van der Waals surface area contributed by atoms with E-state index in [9.17, 15) is 9.18 Å². The Balaban J connectivity index is 2.13. The molecule has 0 amide bonds. The molecule has 0 aliphatic rings. The van der Waals surface area contributed by atoms with E-state index >= 15 is 0 Å². The first-order chi connectivity index (χ1) is 9.00. The Kier molecular flexibility index (Phi) is 4.05. The van der Waals surface area contributed by atoms with Crippen LogP contribution in [0.2, 0.25) is 5.02 Å². The van der Waals surface area contributed by atoms with Crippen LogP contribution < -0.4 is 0 Å². The SMILES string of the molecule is Cc1ccn(C)c1C(=O)CCc1c(F)cccc1Cl. The molecule has 0 atom stereocenters. The van der Waals surface area contributed by atoms with Crippen LogP contribution in [0.15, 0.2) is 30.5 Å². The summed E-state index contributed by atoms with van der Waals surface area (Å²) < 4.78 is 15.4. The Labute approximate surface area is 116 Å². The van der Waals surface area contributed by atoms with E-state index in [1.54, 1.807) is 16.7 Å². The van der Waals surface area contributed by atoms with Crippen LogP contribution in [-0.4, -0.2) is 10.4 Å². The molecule has 19 heavy (non-hydrogen) atoms. The smallest absolute Gasteiger partial charge is 0.179 e. The first-order valence-corrected chi connectivity index (χ1v) is 6.46. The van der Waals surface area contributed by atoms with Gasteiger partial charge in [-0.25, -0.2) is 4.39 Å². The fraction of sp³-hybridized carbons (Fsp3) is 0.267. The van der Waals surface area contributed by atoms with Crippen LogP contribution in [0.3, 0.4) is 0 Å². The van der Waals surface area contributed by atoms with Gasteiger partial charge in [-0.2, -0.15) is 0 Å². The van der Waals surface area contributed by atoms with Gasteiger partial charge in [0.05, 0.1) is 5.69 Å². The summed E-state index contributed by atoms with van der Waals surface area (Å²) in [6, 6.07) is 6.45. The lowest BCUT2D eigenvalue weighted by Gasteiger charge is -2.07. The maximum atomic E-state index is 13.6. The van der Waals surface area contributed by atoms with Crippen LogP contribution in [0.5, 0.6) is 0 Å². The maximum absolute atomic E-state index is 13.6. The summed E-state index contributed by atoms with van der Waals surface area (Å²) in [6.07, 6.45) is 2.41. The van der Waals surface area contributed by atoms with E-state index in [1.165, 1.54) is 6.07 Å². The number of rotatable bonds is 4. The molecule has 100 valence electrons. The molecular weight excluding hydrogens is 265 g/mol. The molecule has 2 rings (SSSR count). The molecule has 0 saturated heterocycles. The first kappa shape index (κ1) is 13.8. The Bertz CT molecular complexity index is 579. The van der Waals surface area contributed by atoms with E-state index in [0.29, 0.717) is 22.7 Å². The van der Waals surface area contributed by atoms with Gasteiger partial charge in [-0.1, -0.05) is 17.7 Å². The summed E-state index contributed by atoms with van der Waals surface area (Å²) in [5.74, 6) is -0.353. The van der Waals surface area contributed by atoms with E-state index in [4.69, 9.17) is 11.6 Å². The van der Waals surface area contributed by atoms with Gasteiger partial charge in [-0.15, -0.1) is 0 Å². The van der Waals surface area contributed by atoms with E-state index in [0.717, 1.165) is 5.56 Å². The normalized spacial score (nSPS) is 10.7. The number of nitrogens with zero attached hydrogens (tertiary/aromatic N) is 1. The quantitative estimate of drug-likeness (QED) is 0.777.